The Bertz CT molecular complexity index is 1810. The molecule has 0 saturated carbocycles. The maximum atomic E-state index is 13.7. The van der Waals surface area contributed by atoms with Crippen LogP contribution in [-0.4, -0.2) is 38.3 Å². The summed E-state index contributed by atoms with van der Waals surface area (Å²) in [6.07, 6.45) is 11.1. The lowest BCUT2D eigenvalue weighted by Crippen LogP contribution is -2.25. The third kappa shape index (κ3) is 6.34. The first kappa shape index (κ1) is 28.3. The van der Waals surface area contributed by atoms with Crippen LogP contribution in [0.1, 0.15) is 34.3 Å². The van der Waals surface area contributed by atoms with Crippen LogP contribution in [0.2, 0.25) is 0 Å². The molecular formula is C35H35N5O3. The number of rotatable bonds is 8. The number of ketones is 1. The van der Waals surface area contributed by atoms with E-state index in [0.717, 1.165) is 71.5 Å². The molecule has 3 aromatic heterocycles. The summed E-state index contributed by atoms with van der Waals surface area (Å²) in [6.45, 7) is 4.24. The van der Waals surface area contributed by atoms with Gasteiger partial charge in [0.05, 0.1) is 11.8 Å². The molecule has 1 aliphatic rings. The van der Waals surface area contributed by atoms with Crippen LogP contribution >= 0.6 is 0 Å². The number of hydrogen-bond acceptors (Lipinski definition) is 6. The Kier molecular flexibility index (Phi) is 8.03. The summed E-state index contributed by atoms with van der Waals surface area (Å²) in [5, 5.41) is 4.25. The Morgan fingerprint density at radius 1 is 0.907 bits per heavy atom. The lowest BCUT2D eigenvalue weighted by Gasteiger charge is -2.23. The highest BCUT2D eigenvalue weighted by Crippen LogP contribution is 2.30. The Morgan fingerprint density at radius 2 is 1.60 bits per heavy atom. The first-order valence-electron chi connectivity index (χ1n) is 14.6. The van der Waals surface area contributed by atoms with E-state index in [1.165, 1.54) is 0 Å². The summed E-state index contributed by atoms with van der Waals surface area (Å²) in [6, 6.07) is 17.6. The van der Waals surface area contributed by atoms with E-state index >= 15 is 0 Å². The van der Waals surface area contributed by atoms with Crippen molar-refractivity contribution in [2.45, 2.75) is 32.7 Å². The van der Waals surface area contributed by atoms with Gasteiger partial charge in [-0.3, -0.25) is 14.3 Å². The van der Waals surface area contributed by atoms with Crippen molar-refractivity contribution in [3.05, 3.63) is 112 Å². The minimum Gasteiger partial charge on any atom is -0.383 e. The van der Waals surface area contributed by atoms with E-state index < -0.39 is 0 Å². The fourth-order valence-electron chi connectivity index (χ4n) is 5.62. The number of nitrogens with two attached hydrogens (primary N) is 1. The molecule has 0 unspecified atom stereocenters. The van der Waals surface area contributed by atoms with Crippen molar-refractivity contribution >= 4 is 11.6 Å². The molecule has 0 atom stereocenters. The van der Waals surface area contributed by atoms with Crippen molar-refractivity contribution in [1.29, 1.82) is 0 Å². The third-order valence-electron chi connectivity index (χ3n) is 8.14. The summed E-state index contributed by atoms with van der Waals surface area (Å²) in [5.41, 5.74) is 13.1. The van der Waals surface area contributed by atoms with Crippen LogP contribution in [0.15, 0.2) is 90.4 Å². The number of aryl methyl sites for hydroxylation is 2. The number of carbonyl (C=O) groups is 1. The van der Waals surface area contributed by atoms with E-state index in [1.807, 2.05) is 85.5 Å². The minimum atomic E-state index is -0.236. The van der Waals surface area contributed by atoms with Crippen molar-refractivity contribution in [3.8, 4) is 33.4 Å². The van der Waals surface area contributed by atoms with Gasteiger partial charge in [0, 0.05) is 80.3 Å². The Labute approximate surface area is 250 Å². The molecule has 0 radical (unpaired) electrons. The van der Waals surface area contributed by atoms with Gasteiger partial charge in [-0.05, 0) is 48.4 Å². The average Bonchev–Trinajstić information content (AvgIpc) is 3.46. The van der Waals surface area contributed by atoms with E-state index in [0.29, 0.717) is 17.3 Å². The maximum Gasteiger partial charge on any atom is 0.200 e. The molecule has 5 aromatic rings. The zero-order valence-electron chi connectivity index (χ0n) is 24.5. The molecule has 1 aliphatic heterocycles. The predicted molar refractivity (Wildman–Crippen MR) is 169 cm³/mol. The summed E-state index contributed by atoms with van der Waals surface area (Å²) in [5.74, 6) is 0.665. The molecule has 2 N–H and O–H groups in total. The quantitative estimate of drug-likeness (QED) is 0.238. The molecule has 8 heteroatoms. The van der Waals surface area contributed by atoms with E-state index in [4.69, 9.17) is 10.5 Å². The van der Waals surface area contributed by atoms with Gasteiger partial charge in [-0.25, -0.2) is 4.98 Å². The molecule has 4 heterocycles. The second-order valence-corrected chi connectivity index (χ2v) is 11.4. The molecule has 0 spiro atoms. The summed E-state index contributed by atoms with van der Waals surface area (Å²) >= 11 is 0. The molecular weight excluding hydrogens is 538 g/mol. The smallest absolute Gasteiger partial charge is 0.200 e. The number of nitrogen functional groups attached to an aromatic ring is 1. The zero-order chi connectivity index (χ0) is 29.9. The van der Waals surface area contributed by atoms with Crippen molar-refractivity contribution in [2.24, 2.45) is 13.0 Å². The van der Waals surface area contributed by atoms with Gasteiger partial charge in [0.15, 0.2) is 11.2 Å². The maximum absolute atomic E-state index is 13.7. The molecule has 0 bridgehead atoms. The van der Waals surface area contributed by atoms with Crippen molar-refractivity contribution in [3.63, 3.8) is 0 Å². The van der Waals surface area contributed by atoms with Crippen LogP contribution in [-0.2, 0) is 24.8 Å². The fraction of sp³-hybridized carbons (Fsp3) is 0.257. The van der Waals surface area contributed by atoms with E-state index in [1.54, 1.807) is 23.3 Å². The number of aromatic nitrogens is 4. The molecule has 218 valence electrons. The van der Waals surface area contributed by atoms with Crippen LogP contribution < -0.4 is 11.2 Å². The van der Waals surface area contributed by atoms with Gasteiger partial charge in [-0.2, -0.15) is 5.10 Å². The van der Waals surface area contributed by atoms with Gasteiger partial charge in [0.2, 0.25) is 0 Å². The van der Waals surface area contributed by atoms with Crippen LogP contribution in [0.3, 0.4) is 0 Å². The monoisotopic (exact) mass is 573 g/mol. The van der Waals surface area contributed by atoms with E-state index in [-0.39, 0.29) is 23.2 Å². The van der Waals surface area contributed by atoms with Gasteiger partial charge in [-0.1, -0.05) is 54.1 Å². The number of pyridine rings is 2. The van der Waals surface area contributed by atoms with Gasteiger partial charge >= 0.3 is 0 Å². The molecule has 1 fully saturated rings. The Morgan fingerprint density at radius 3 is 2.30 bits per heavy atom. The van der Waals surface area contributed by atoms with Crippen molar-refractivity contribution < 1.29 is 9.53 Å². The van der Waals surface area contributed by atoms with Gasteiger partial charge in [-0.15, -0.1) is 0 Å². The molecule has 2 aromatic carbocycles. The minimum absolute atomic E-state index is 0.119. The molecule has 8 nitrogen and oxygen atoms in total. The number of benzene rings is 2. The number of hydrogen-bond donors (Lipinski definition) is 1. The first-order chi connectivity index (χ1) is 20.8. The third-order valence-corrected chi connectivity index (χ3v) is 8.14. The number of nitrogens with zero attached hydrogens (tertiary/aromatic N) is 4. The molecule has 1 saturated heterocycles. The second-order valence-electron chi connectivity index (χ2n) is 11.4. The number of carbonyl (C=O) groups excluding carboxylic acids is 1. The standard InChI is InChI=1S/C35H35N5O3/c1-23-3-7-27(8-4-23)31-21-40(19-25-11-13-43-14-12-25)22-32(34(31)42)33(41)15-24-5-9-26(10-6-24)30-16-28(17-37-35(30)36)29-18-38-39(2)20-29/h3-10,16-18,20-22,25H,11-15,19H2,1-2H3,(H2,36,37). The largest absolute Gasteiger partial charge is 0.383 e. The molecule has 43 heavy (non-hydrogen) atoms. The topological polar surface area (TPSA) is 105 Å². The highest BCUT2D eigenvalue weighted by atomic mass is 16.5. The SMILES string of the molecule is Cc1ccc(-c2cn(CC3CCOCC3)cc(C(=O)Cc3ccc(-c4cc(-c5cnn(C)c5)cnc4N)cc3)c2=O)cc1. The fourth-order valence-corrected chi connectivity index (χ4v) is 5.62. The second kappa shape index (κ2) is 12.2. The summed E-state index contributed by atoms with van der Waals surface area (Å²) < 4.78 is 9.30. The van der Waals surface area contributed by atoms with Crippen molar-refractivity contribution in [2.75, 3.05) is 18.9 Å². The van der Waals surface area contributed by atoms with Crippen LogP contribution in [0.5, 0.6) is 0 Å². The van der Waals surface area contributed by atoms with E-state index in [2.05, 4.69) is 10.1 Å². The van der Waals surface area contributed by atoms with Gasteiger partial charge in [0.1, 0.15) is 5.82 Å². The van der Waals surface area contributed by atoms with Crippen LogP contribution in [0, 0.1) is 12.8 Å². The van der Waals surface area contributed by atoms with Crippen molar-refractivity contribution in [1.82, 2.24) is 19.3 Å². The van der Waals surface area contributed by atoms with E-state index in [9.17, 15) is 9.59 Å². The predicted octanol–water partition coefficient (Wildman–Crippen LogP) is 5.72. The highest BCUT2D eigenvalue weighted by molar-refractivity contribution is 5.98. The normalized spacial score (nSPS) is 13.7. The average molecular weight is 574 g/mol. The molecule has 6 rings (SSSR count). The lowest BCUT2D eigenvalue weighted by atomic mass is 9.96. The van der Waals surface area contributed by atoms with Crippen LogP contribution in [0.4, 0.5) is 5.82 Å². The number of anilines is 1. The number of Topliss-reactive ketones (excluding diaryl/α,β-unsaturated/α-hetero) is 1. The highest BCUT2D eigenvalue weighted by Gasteiger charge is 2.20. The first-order valence-corrected chi connectivity index (χ1v) is 14.6. The summed E-state index contributed by atoms with van der Waals surface area (Å²) in [7, 11) is 1.87. The van der Waals surface area contributed by atoms with Gasteiger partial charge < -0.3 is 15.0 Å². The number of ether oxygens (including phenoxy) is 1. The summed E-state index contributed by atoms with van der Waals surface area (Å²) in [4.78, 5) is 31.7. The van der Waals surface area contributed by atoms with Gasteiger partial charge in [0.25, 0.3) is 0 Å². The molecule has 0 amide bonds. The Hall–Kier alpha value is -4.82. The van der Waals surface area contributed by atoms with Crippen LogP contribution in [0.25, 0.3) is 33.4 Å². The molecule has 0 aliphatic carbocycles. The zero-order valence-corrected chi connectivity index (χ0v) is 24.5. The lowest BCUT2D eigenvalue weighted by molar-refractivity contribution is 0.0612. The Balaban J connectivity index is 1.27.